The highest BCUT2D eigenvalue weighted by Crippen LogP contribution is 2.25. The molecule has 0 spiro atoms. The van der Waals surface area contributed by atoms with E-state index in [9.17, 15) is 9.18 Å². The molecule has 0 radical (unpaired) electrons. The zero-order chi connectivity index (χ0) is 25.3. The Bertz CT molecular complexity index is 1200. The van der Waals surface area contributed by atoms with Crippen molar-refractivity contribution in [3.8, 4) is 5.75 Å². The fourth-order valence-corrected chi connectivity index (χ4v) is 4.48. The van der Waals surface area contributed by atoms with Crippen LogP contribution < -0.4 is 4.74 Å². The molecule has 4 rings (SSSR count). The van der Waals surface area contributed by atoms with E-state index in [1.165, 1.54) is 23.3 Å². The molecule has 5 heteroatoms. The SMILES string of the molecule is CC=CC(CC(=O)O)c1ccc(OCc2ccc(CN3CC=C(c4ccc(F)cc4)CC3)cc2)cc1. The first-order valence-electron chi connectivity index (χ1n) is 12.3. The molecule has 1 aliphatic heterocycles. The lowest BCUT2D eigenvalue weighted by molar-refractivity contribution is -0.137. The Morgan fingerprint density at radius 3 is 2.33 bits per heavy atom. The van der Waals surface area contributed by atoms with Crippen LogP contribution in [0.5, 0.6) is 5.75 Å². The van der Waals surface area contributed by atoms with Crippen molar-refractivity contribution in [3.63, 3.8) is 0 Å². The third kappa shape index (κ3) is 7.15. The number of carboxylic acids is 1. The lowest BCUT2D eigenvalue weighted by Crippen LogP contribution is -2.28. The van der Waals surface area contributed by atoms with Crippen LogP contribution in [0.3, 0.4) is 0 Å². The van der Waals surface area contributed by atoms with Crippen LogP contribution in [0.15, 0.2) is 91.0 Å². The van der Waals surface area contributed by atoms with Crippen LogP contribution in [0.4, 0.5) is 4.39 Å². The van der Waals surface area contributed by atoms with Crippen molar-refractivity contribution in [1.82, 2.24) is 4.90 Å². The minimum Gasteiger partial charge on any atom is -0.489 e. The van der Waals surface area contributed by atoms with Crippen molar-refractivity contribution < 1.29 is 19.0 Å². The average Bonchev–Trinajstić information content (AvgIpc) is 2.89. The van der Waals surface area contributed by atoms with Gasteiger partial charge in [-0.3, -0.25) is 9.69 Å². The summed E-state index contributed by atoms with van der Waals surface area (Å²) in [4.78, 5) is 13.5. The Labute approximate surface area is 212 Å². The second-order valence-corrected chi connectivity index (χ2v) is 9.13. The summed E-state index contributed by atoms with van der Waals surface area (Å²) in [6.07, 6.45) is 7.07. The Kier molecular flexibility index (Phi) is 8.69. The standard InChI is InChI=1S/C31H32FNO3/c1-2-3-28(20-31(34)35)26-10-14-30(15-11-26)36-22-24-6-4-23(5-7-24)21-33-18-16-27(17-19-33)25-8-12-29(32)13-9-25/h2-16,28H,17-22H2,1H3,(H,34,35). The van der Waals surface area contributed by atoms with Crippen molar-refractivity contribution in [3.05, 3.63) is 119 Å². The summed E-state index contributed by atoms with van der Waals surface area (Å²) in [5.41, 5.74) is 5.70. The largest absolute Gasteiger partial charge is 0.489 e. The molecule has 1 aliphatic rings. The maximum Gasteiger partial charge on any atom is 0.304 e. The molecule has 3 aromatic rings. The Hall–Kier alpha value is -3.70. The lowest BCUT2D eigenvalue weighted by atomic mass is 9.95. The van der Waals surface area contributed by atoms with Gasteiger partial charge < -0.3 is 9.84 Å². The summed E-state index contributed by atoms with van der Waals surface area (Å²) in [7, 11) is 0. The van der Waals surface area contributed by atoms with Gasteiger partial charge in [0.15, 0.2) is 0 Å². The van der Waals surface area contributed by atoms with Gasteiger partial charge in [0.05, 0.1) is 6.42 Å². The molecule has 1 unspecified atom stereocenters. The molecule has 1 N–H and O–H groups in total. The van der Waals surface area contributed by atoms with Crippen molar-refractivity contribution in [2.45, 2.75) is 38.8 Å². The number of allylic oxidation sites excluding steroid dienone is 2. The van der Waals surface area contributed by atoms with Gasteiger partial charge in [0.1, 0.15) is 18.2 Å². The second-order valence-electron chi connectivity index (χ2n) is 9.13. The van der Waals surface area contributed by atoms with Crippen molar-refractivity contribution in [1.29, 1.82) is 0 Å². The van der Waals surface area contributed by atoms with Gasteiger partial charge in [-0.1, -0.05) is 66.8 Å². The number of halogens is 1. The zero-order valence-corrected chi connectivity index (χ0v) is 20.6. The number of carbonyl (C=O) groups is 1. The van der Waals surface area contributed by atoms with Crippen molar-refractivity contribution in [2.24, 2.45) is 0 Å². The number of carboxylic acid groups (broad SMARTS) is 1. The van der Waals surface area contributed by atoms with Gasteiger partial charge in [-0.2, -0.15) is 0 Å². The van der Waals surface area contributed by atoms with E-state index in [1.807, 2.05) is 55.5 Å². The molecule has 0 fully saturated rings. The quantitative estimate of drug-likeness (QED) is 0.320. The van der Waals surface area contributed by atoms with Crippen LogP contribution in [0.1, 0.15) is 47.9 Å². The first kappa shape index (κ1) is 25.4. The number of hydrogen-bond donors (Lipinski definition) is 1. The summed E-state index contributed by atoms with van der Waals surface area (Å²) in [6.45, 7) is 5.12. The van der Waals surface area contributed by atoms with E-state index < -0.39 is 5.97 Å². The summed E-state index contributed by atoms with van der Waals surface area (Å²) in [6, 6.07) is 22.9. The van der Waals surface area contributed by atoms with Crippen LogP contribution in [0.2, 0.25) is 0 Å². The van der Waals surface area contributed by atoms with E-state index in [0.29, 0.717) is 6.61 Å². The lowest BCUT2D eigenvalue weighted by Gasteiger charge is -2.26. The van der Waals surface area contributed by atoms with Gasteiger partial charge in [0.25, 0.3) is 0 Å². The summed E-state index contributed by atoms with van der Waals surface area (Å²) in [5, 5.41) is 9.14. The average molecular weight is 486 g/mol. The molecule has 0 saturated carbocycles. The first-order valence-corrected chi connectivity index (χ1v) is 12.3. The first-order chi connectivity index (χ1) is 17.5. The smallest absolute Gasteiger partial charge is 0.304 e. The van der Waals surface area contributed by atoms with Crippen molar-refractivity contribution in [2.75, 3.05) is 13.1 Å². The molecule has 1 atom stereocenters. The summed E-state index contributed by atoms with van der Waals surface area (Å²) < 4.78 is 19.1. The Balaban J connectivity index is 1.26. The molecule has 0 aromatic heterocycles. The van der Waals surface area contributed by atoms with Crippen LogP contribution in [-0.2, 0) is 17.9 Å². The van der Waals surface area contributed by atoms with Crippen LogP contribution in [0.25, 0.3) is 5.57 Å². The molecule has 0 bridgehead atoms. The number of aliphatic carboxylic acids is 1. The Morgan fingerprint density at radius 1 is 1.03 bits per heavy atom. The molecule has 0 amide bonds. The maximum absolute atomic E-state index is 13.2. The number of hydrogen-bond acceptors (Lipinski definition) is 3. The van der Waals surface area contributed by atoms with Crippen LogP contribution in [0, 0.1) is 5.82 Å². The summed E-state index contributed by atoms with van der Waals surface area (Å²) in [5.74, 6) is -0.392. The molecule has 0 saturated heterocycles. The molecule has 3 aromatic carbocycles. The van der Waals surface area contributed by atoms with Crippen LogP contribution >= 0.6 is 0 Å². The molecule has 4 nitrogen and oxygen atoms in total. The zero-order valence-electron chi connectivity index (χ0n) is 20.6. The van der Waals surface area contributed by atoms with Crippen LogP contribution in [-0.4, -0.2) is 29.1 Å². The van der Waals surface area contributed by atoms with E-state index >= 15 is 0 Å². The third-order valence-corrected chi connectivity index (χ3v) is 6.47. The van der Waals surface area contributed by atoms with E-state index in [2.05, 4.69) is 35.2 Å². The second kappa shape index (κ2) is 12.3. The predicted octanol–water partition coefficient (Wildman–Crippen LogP) is 6.83. The molecular formula is C31H32FNO3. The Morgan fingerprint density at radius 2 is 1.72 bits per heavy atom. The monoisotopic (exact) mass is 485 g/mol. The van der Waals surface area contributed by atoms with Gasteiger partial charge in [-0.05, 0) is 65.4 Å². The molecule has 1 heterocycles. The fourth-order valence-electron chi connectivity index (χ4n) is 4.48. The minimum absolute atomic E-state index is 0.0695. The summed E-state index contributed by atoms with van der Waals surface area (Å²) >= 11 is 0. The van der Waals surface area contributed by atoms with Crippen molar-refractivity contribution >= 4 is 11.5 Å². The molecule has 186 valence electrons. The minimum atomic E-state index is -0.812. The number of ether oxygens (including phenoxy) is 1. The van der Waals surface area contributed by atoms with Gasteiger partial charge >= 0.3 is 5.97 Å². The molecule has 0 aliphatic carbocycles. The highest BCUT2D eigenvalue weighted by Gasteiger charge is 2.14. The fraction of sp³-hybridized carbons (Fsp3) is 0.258. The maximum atomic E-state index is 13.2. The molecule has 36 heavy (non-hydrogen) atoms. The van der Waals surface area contributed by atoms with Gasteiger partial charge in [-0.15, -0.1) is 0 Å². The predicted molar refractivity (Wildman–Crippen MR) is 141 cm³/mol. The van der Waals surface area contributed by atoms with E-state index in [0.717, 1.165) is 48.5 Å². The number of benzene rings is 3. The molecular weight excluding hydrogens is 453 g/mol. The highest BCUT2D eigenvalue weighted by molar-refractivity contribution is 5.68. The van der Waals surface area contributed by atoms with Gasteiger partial charge in [0, 0.05) is 25.6 Å². The van der Waals surface area contributed by atoms with E-state index in [4.69, 9.17) is 9.84 Å². The normalized spacial score (nSPS) is 15.0. The van der Waals surface area contributed by atoms with Gasteiger partial charge in [-0.25, -0.2) is 4.39 Å². The van der Waals surface area contributed by atoms with E-state index in [-0.39, 0.29) is 18.2 Å². The van der Waals surface area contributed by atoms with E-state index in [1.54, 1.807) is 0 Å². The third-order valence-electron chi connectivity index (χ3n) is 6.47. The number of nitrogens with zero attached hydrogens (tertiary/aromatic N) is 1. The highest BCUT2D eigenvalue weighted by atomic mass is 19.1. The topological polar surface area (TPSA) is 49.8 Å². The van der Waals surface area contributed by atoms with Gasteiger partial charge in [0.2, 0.25) is 0 Å². The number of rotatable bonds is 10.